The third-order valence-electron chi connectivity index (χ3n) is 6.74. The Labute approximate surface area is 234 Å². The van der Waals surface area contributed by atoms with E-state index < -0.39 is 41.3 Å². The third kappa shape index (κ3) is 6.33. The van der Waals surface area contributed by atoms with Gasteiger partial charge in [-0.2, -0.15) is 4.57 Å². The lowest BCUT2D eigenvalue weighted by molar-refractivity contribution is -0.753. The maximum Gasteiger partial charge on any atom is 0.418 e. The number of pyridine rings is 1. The Hall–Kier alpha value is -4.43. The molecule has 2 N–H and O–H groups in total. The third-order valence-corrected chi connectivity index (χ3v) is 6.74. The molecule has 4 rings (SSSR count). The number of nitrogens with zero attached hydrogens (tertiary/aromatic N) is 7. The summed E-state index contributed by atoms with van der Waals surface area (Å²) in [4.78, 5) is 26.0. The first-order chi connectivity index (χ1) is 19.5. The zero-order valence-corrected chi connectivity index (χ0v) is 22.9. The van der Waals surface area contributed by atoms with Crippen LogP contribution in [0.4, 0.5) is 23.8 Å². The van der Waals surface area contributed by atoms with E-state index in [1.165, 1.54) is 40.8 Å². The van der Waals surface area contributed by atoms with E-state index in [0.717, 1.165) is 30.2 Å². The minimum Gasteiger partial charge on any atom is -0.412 e. The highest BCUT2D eigenvalue weighted by molar-refractivity contribution is 5.86. The molecule has 0 saturated heterocycles. The van der Waals surface area contributed by atoms with E-state index in [1.54, 1.807) is 26.2 Å². The minimum absolute atomic E-state index is 0.163. The van der Waals surface area contributed by atoms with E-state index in [1.807, 2.05) is 6.07 Å². The molecular weight excluding hydrogens is 541 g/mol. The average molecular weight is 572 g/mol. The summed E-state index contributed by atoms with van der Waals surface area (Å²) in [6.07, 6.45) is 4.87. The molecule has 3 aromatic heterocycles. The van der Waals surface area contributed by atoms with Crippen LogP contribution in [0, 0.1) is 17.5 Å². The smallest absolute Gasteiger partial charge is 0.412 e. The monoisotopic (exact) mass is 571 g/mol. The predicted molar refractivity (Wildman–Crippen MR) is 140 cm³/mol. The molecule has 41 heavy (non-hydrogen) atoms. The van der Waals surface area contributed by atoms with E-state index in [2.05, 4.69) is 25.4 Å². The summed E-state index contributed by atoms with van der Waals surface area (Å²) in [5.41, 5.74) is -1.77. The van der Waals surface area contributed by atoms with Gasteiger partial charge >= 0.3 is 6.09 Å². The first-order valence-electron chi connectivity index (χ1n) is 12.6. The number of carbonyl (C=O) groups is 1. The van der Waals surface area contributed by atoms with Gasteiger partial charge in [0.15, 0.2) is 5.82 Å². The molecule has 1 unspecified atom stereocenters. The van der Waals surface area contributed by atoms with Crippen molar-refractivity contribution in [2.24, 2.45) is 0 Å². The molecule has 0 saturated carbocycles. The van der Waals surface area contributed by atoms with Crippen molar-refractivity contribution in [2.75, 3.05) is 19.0 Å². The number of hydrogen-bond donors (Lipinski definition) is 2. The summed E-state index contributed by atoms with van der Waals surface area (Å²) in [6.45, 7) is 3.18. The van der Waals surface area contributed by atoms with Crippen LogP contribution in [0.3, 0.4) is 0 Å². The standard InChI is InChI=1S/C27H30F3N8O3/c1-17(24-23(30)12-32-14-34-24)27(40,21-8-7-20(28)10-22(21)29)13-38-16-37(15-35-38)18(2)41-26(39)36(4)25-19(11-31-3)6-5-9-33-25/h5-10,12,14-18,31,40H,11,13H2,1-4H3/q+1/t17-,18?,27+/m0/s1. The number of carbonyl (C=O) groups excluding carboxylic acids is 1. The molecule has 0 spiro atoms. The Morgan fingerprint density at radius 2 is 2.00 bits per heavy atom. The Bertz CT molecular complexity index is 1520. The molecule has 11 nitrogen and oxygen atoms in total. The lowest BCUT2D eigenvalue weighted by Gasteiger charge is -2.32. The number of rotatable bonds is 10. The van der Waals surface area contributed by atoms with Gasteiger partial charge in [-0.25, -0.2) is 32.9 Å². The van der Waals surface area contributed by atoms with Gasteiger partial charge in [-0.3, -0.25) is 4.90 Å². The van der Waals surface area contributed by atoms with Crippen molar-refractivity contribution < 1.29 is 32.4 Å². The minimum atomic E-state index is -2.13. The summed E-state index contributed by atoms with van der Waals surface area (Å²) in [7, 11) is 3.32. The zero-order valence-electron chi connectivity index (χ0n) is 22.9. The van der Waals surface area contributed by atoms with Gasteiger partial charge in [0.25, 0.3) is 6.33 Å². The molecule has 4 aromatic rings. The number of amides is 1. The first-order valence-corrected chi connectivity index (χ1v) is 12.6. The molecule has 0 aliphatic rings. The summed E-state index contributed by atoms with van der Waals surface area (Å²) in [5, 5.41) is 19.1. The second-order valence-corrected chi connectivity index (χ2v) is 9.48. The Balaban J connectivity index is 1.58. The maximum atomic E-state index is 15.0. The van der Waals surface area contributed by atoms with Gasteiger partial charge in [-0.05, 0) is 19.2 Å². The number of hydrogen-bond acceptors (Lipinski definition) is 8. The van der Waals surface area contributed by atoms with Crippen molar-refractivity contribution in [3.63, 3.8) is 0 Å². The van der Waals surface area contributed by atoms with Crippen molar-refractivity contribution in [1.82, 2.24) is 30.0 Å². The van der Waals surface area contributed by atoms with Gasteiger partial charge in [-0.1, -0.05) is 19.1 Å². The molecule has 0 radical (unpaired) electrons. The van der Waals surface area contributed by atoms with Crippen LogP contribution in [0.5, 0.6) is 0 Å². The molecule has 14 heteroatoms. The van der Waals surface area contributed by atoms with Crippen LogP contribution in [-0.4, -0.2) is 50.0 Å². The Morgan fingerprint density at radius 1 is 1.22 bits per heavy atom. The summed E-state index contributed by atoms with van der Waals surface area (Å²) in [5.74, 6) is -3.34. The largest absolute Gasteiger partial charge is 0.418 e. The summed E-state index contributed by atoms with van der Waals surface area (Å²) in [6, 6.07) is 6.33. The Kier molecular flexibility index (Phi) is 8.93. The molecule has 216 valence electrons. The normalized spacial score (nSPS) is 14.2. The fourth-order valence-electron chi connectivity index (χ4n) is 4.45. The number of ether oxygens (including phenoxy) is 1. The van der Waals surface area contributed by atoms with Crippen LogP contribution in [0.1, 0.15) is 42.8 Å². The summed E-state index contributed by atoms with van der Waals surface area (Å²) >= 11 is 0. The molecule has 1 aromatic carbocycles. The van der Waals surface area contributed by atoms with Crippen LogP contribution in [0.2, 0.25) is 0 Å². The predicted octanol–water partition coefficient (Wildman–Crippen LogP) is 2.98. The number of anilines is 1. The van der Waals surface area contributed by atoms with Crippen LogP contribution < -0.4 is 14.8 Å². The van der Waals surface area contributed by atoms with Crippen molar-refractivity contribution >= 4 is 11.9 Å². The lowest BCUT2D eigenvalue weighted by atomic mass is 9.79. The molecule has 1 amide bonds. The molecule has 3 heterocycles. The van der Waals surface area contributed by atoms with Gasteiger partial charge in [0, 0.05) is 54.9 Å². The van der Waals surface area contributed by atoms with E-state index in [0.29, 0.717) is 18.4 Å². The second kappa shape index (κ2) is 12.4. The number of benzene rings is 1. The topological polar surface area (TPSA) is 122 Å². The number of aliphatic hydroxyl groups is 1. The van der Waals surface area contributed by atoms with Gasteiger partial charge < -0.3 is 15.2 Å². The average Bonchev–Trinajstić information content (AvgIpc) is 3.41. The van der Waals surface area contributed by atoms with Crippen LogP contribution in [0.25, 0.3) is 0 Å². The fraction of sp³-hybridized carbons (Fsp3) is 0.333. The molecular formula is C27H30F3N8O3+. The van der Waals surface area contributed by atoms with Gasteiger partial charge in [-0.15, -0.1) is 4.68 Å². The van der Waals surface area contributed by atoms with Crippen LogP contribution in [0.15, 0.2) is 61.7 Å². The molecule has 3 atom stereocenters. The van der Waals surface area contributed by atoms with E-state index in [4.69, 9.17) is 4.74 Å². The lowest BCUT2D eigenvalue weighted by Crippen LogP contribution is -2.42. The molecule has 0 aliphatic heterocycles. The molecule has 0 bridgehead atoms. The Morgan fingerprint density at radius 3 is 2.71 bits per heavy atom. The highest BCUT2D eigenvalue weighted by Crippen LogP contribution is 2.39. The fourth-order valence-corrected chi connectivity index (χ4v) is 4.45. The molecule has 0 fully saturated rings. The van der Waals surface area contributed by atoms with E-state index in [-0.39, 0.29) is 17.8 Å². The number of nitrogens with one attached hydrogen (secondary N) is 1. The molecule has 0 aliphatic carbocycles. The van der Waals surface area contributed by atoms with E-state index >= 15 is 0 Å². The van der Waals surface area contributed by atoms with Crippen molar-refractivity contribution in [2.45, 2.75) is 44.7 Å². The zero-order chi connectivity index (χ0) is 29.7. The highest BCUT2D eigenvalue weighted by Gasteiger charge is 2.43. The van der Waals surface area contributed by atoms with Crippen molar-refractivity contribution in [3.8, 4) is 0 Å². The van der Waals surface area contributed by atoms with Gasteiger partial charge in [0.2, 0.25) is 12.6 Å². The van der Waals surface area contributed by atoms with Crippen molar-refractivity contribution in [3.05, 3.63) is 96.0 Å². The maximum absolute atomic E-state index is 15.0. The quantitative estimate of drug-likeness (QED) is 0.279. The number of halogens is 3. The van der Waals surface area contributed by atoms with Crippen LogP contribution >= 0.6 is 0 Å². The summed E-state index contributed by atoms with van der Waals surface area (Å²) < 4.78 is 51.6. The van der Waals surface area contributed by atoms with Gasteiger partial charge in [0.05, 0.1) is 11.9 Å². The van der Waals surface area contributed by atoms with E-state index in [9.17, 15) is 23.1 Å². The number of aromatic nitrogens is 6. The van der Waals surface area contributed by atoms with Gasteiger partial charge in [0.1, 0.15) is 35.9 Å². The van der Waals surface area contributed by atoms with Crippen LogP contribution in [-0.2, 0) is 23.4 Å². The first kappa shape index (κ1) is 29.6. The second-order valence-electron chi connectivity index (χ2n) is 9.48. The van der Waals surface area contributed by atoms with Crippen molar-refractivity contribution in [1.29, 1.82) is 0 Å². The SMILES string of the molecule is CNCc1cccnc1N(C)C(=O)OC(C)[n+]1cnn(C[C@](O)(c2ccc(F)cc2F)[C@@H](C)c2ncncc2F)c1. The highest BCUT2D eigenvalue weighted by atomic mass is 19.1.